The Kier molecular flexibility index (Phi) is 6.04. The molecule has 1 aliphatic heterocycles. The number of carbonyl (C=O) groups excluding carboxylic acids is 1. The summed E-state index contributed by atoms with van der Waals surface area (Å²) in [4.78, 5) is 16.3. The van der Waals surface area contributed by atoms with Crippen molar-refractivity contribution in [3.05, 3.63) is 63.6 Å². The van der Waals surface area contributed by atoms with Crippen molar-refractivity contribution < 1.29 is 4.79 Å². The van der Waals surface area contributed by atoms with E-state index < -0.39 is 0 Å². The van der Waals surface area contributed by atoms with E-state index in [9.17, 15) is 4.79 Å². The zero-order valence-electron chi connectivity index (χ0n) is 15.4. The van der Waals surface area contributed by atoms with Crippen molar-refractivity contribution in [2.75, 3.05) is 19.6 Å². The van der Waals surface area contributed by atoms with E-state index in [1.807, 2.05) is 29.5 Å². The summed E-state index contributed by atoms with van der Waals surface area (Å²) in [5.74, 6) is 0.307. The molecule has 1 aromatic carbocycles. The van der Waals surface area contributed by atoms with Crippen LogP contribution in [-0.2, 0) is 6.54 Å². The fourth-order valence-electron chi connectivity index (χ4n) is 3.42. The molecule has 0 saturated carbocycles. The molecule has 0 bridgehead atoms. The predicted molar refractivity (Wildman–Crippen MR) is 111 cm³/mol. The van der Waals surface area contributed by atoms with Crippen molar-refractivity contribution in [1.82, 2.24) is 25.2 Å². The SMILES string of the molecule is O=C(NCC1CCN(Cc2cccs2)CC1)c1cn(-c2ccccc2Cl)nn1. The first-order chi connectivity index (χ1) is 13.7. The third kappa shape index (κ3) is 4.60. The highest BCUT2D eigenvalue weighted by Gasteiger charge is 2.21. The van der Waals surface area contributed by atoms with Crippen molar-refractivity contribution in [2.24, 2.45) is 5.92 Å². The first kappa shape index (κ1) is 19.1. The lowest BCUT2D eigenvalue weighted by Crippen LogP contribution is -2.38. The Balaban J connectivity index is 1.26. The zero-order chi connectivity index (χ0) is 19.3. The maximum atomic E-state index is 12.4. The predicted octanol–water partition coefficient (Wildman–Crippen LogP) is 3.62. The number of thiophene rings is 1. The normalized spacial score (nSPS) is 15.6. The molecule has 0 radical (unpaired) electrons. The van der Waals surface area contributed by atoms with Gasteiger partial charge in [-0.2, -0.15) is 0 Å². The molecule has 28 heavy (non-hydrogen) atoms. The van der Waals surface area contributed by atoms with Crippen LogP contribution >= 0.6 is 22.9 Å². The van der Waals surface area contributed by atoms with E-state index >= 15 is 0 Å². The van der Waals surface area contributed by atoms with E-state index in [0.29, 0.717) is 28.9 Å². The van der Waals surface area contributed by atoms with Crippen molar-refractivity contribution >= 4 is 28.8 Å². The van der Waals surface area contributed by atoms with E-state index in [4.69, 9.17) is 11.6 Å². The average Bonchev–Trinajstić information content (AvgIpc) is 3.40. The number of piperidine rings is 1. The van der Waals surface area contributed by atoms with Gasteiger partial charge in [0.1, 0.15) is 0 Å². The van der Waals surface area contributed by atoms with Crippen molar-refractivity contribution in [3.8, 4) is 5.69 Å². The van der Waals surface area contributed by atoms with Gasteiger partial charge in [-0.1, -0.05) is 35.0 Å². The summed E-state index contributed by atoms with van der Waals surface area (Å²) in [7, 11) is 0. The number of hydrogen-bond donors (Lipinski definition) is 1. The molecule has 1 fully saturated rings. The van der Waals surface area contributed by atoms with Gasteiger partial charge in [-0.15, -0.1) is 16.4 Å². The van der Waals surface area contributed by atoms with Crippen LogP contribution in [0.4, 0.5) is 0 Å². The highest BCUT2D eigenvalue weighted by molar-refractivity contribution is 7.09. The van der Waals surface area contributed by atoms with Crippen LogP contribution in [0.15, 0.2) is 48.0 Å². The number of rotatable bonds is 6. The average molecular weight is 416 g/mol. The Morgan fingerprint density at radius 2 is 2.04 bits per heavy atom. The molecule has 1 saturated heterocycles. The molecule has 4 rings (SSSR count). The summed E-state index contributed by atoms with van der Waals surface area (Å²) in [6.07, 6.45) is 3.80. The highest BCUT2D eigenvalue weighted by atomic mass is 35.5. The molecule has 3 aromatic rings. The maximum Gasteiger partial charge on any atom is 0.273 e. The molecule has 1 aliphatic rings. The van der Waals surface area contributed by atoms with E-state index in [1.54, 1.807) is 12.3 Å². The van der Waals surface area contributed by atoms with Crippen LogP contribution < -0.4 is 5.32 Å². The second-order valence-electron chi connectivity index (χ2n) is 7.01. The van der Waals surface area contributed by atoms with Crippen molar-refractivity contribution in [1.29, 1.82) is 0 Å². The van der Waals surface area contributed by atoms with Gasteiger partial charge in [-0.3, -0.25) is 9.69 Å². The number of nitrogens with zero attached hydrogens (tertiary/aromatic N) is 4. The van der Waals surface area contributed by atoms with Crippen LogP contribution in [0.25, 0.3) is 5.69 Å². The minimum absolute atomic E-state index is 0.195. The minimum Gasteiger partial charge on any atom is -0.350 e. The zero-order valence-corrected chi connectivity index (χ0v) is 17.0. The summed E-state index contributed by atoms with van der Waals surface area (Å²) in [5, 5.41) is 13.7. The van der Waals surface area contributed by atoms with Crippen LogP contribution in [0.3, 0.4) is 0 Å². The number of carbonyl (C=O) groups is 1. The molecular weight excluding hydrogens is 394 g/mol. The molecule has 0 spiro atoms. The minimum atomic E-state index is -0.195. The standard InChI is InChI=1S/C20H22ClN5OS/c21-17-5-1-2-6-19(17)26-14-18(23-24-26)20(27)22-12-15-7-9-25(10-8-15)13-16-4-3-11-28-16/h1-6,11,14-15H,7-10,12-13H2,(H,22,27). The lowest BCUT2D eigenvalue weighted by Gasteiger charge is -2.31. The number of para-hydroxylation sites is 1. The molecule has 3 heterocycles. The lowest BCUT2D eigenvalue weighted by molar-refractivity contribution is 0.0930. The quantitative estimate of drug-likeness (QED) is 0.667. The molecule has 146 valence electrons. The van der Waals surface area contributed by atoms with Crippen LogP contribution in [0.2, 0.25) is 5.02 Å². The van der Waals surface area contributed by atoms with Gasteiger partial charge in [0.2, 0.25) is 0 Å². The molecule has 0 unspecified atom stereocenters. The van der Waals surface area contributed by atoms with Crippen LogP contribution in [0.1, 0.15) is 28.2 Å². The second-order valence-corrected chi connectivity index (χ2v) is 8.45. The molecule has 6 nitrogen and oxygen atoms in total. The van der Waals surface area contributed by atoms with Crippen LogP contribution in [0, 0.1) is 5.92 Å². The van der Waals surface area contributed by atoms with Gasteiger partial charge >= 0.3 is 0 Å². The topological polar surface area (TPSA) is 63.1 Å². The molecule has 0 aliphatic carbocycles. The molecule has 1 N–H and O–H groups in total. The molecule has 8 heteroatoms. The number of hydrogen-bond acceptors (Lipinski definition) is 5. The molecule has 1 amide bonds. The van der Waals surface area contributed by atoms with Gasteiger partial charge in [-0.05, 0) is 55.4 Å². The Labute approximate surface area is 173 Å². The van der Waals surface area contributed by atoms with Gasteiger partial charge in [0.05, 0.1) is 16.9 Å². The fourth-order valence-corrected chi connectivity index (χ4v) is 4.39. The van der Waals surface area contributed by atoms with E-state index in [2.05, 4.69) is 38.0 Å². The Morgan fingerprint density at radius 1 is 1.21 bits per heavy atom. The third-order valence-electron chi connectivity index (χ3n) is 5.04. The molecule has 2 aromatic heterocycles. The molecular formula is C20H22ClN5OS. The largest absolute Gasteiger partial charge is 0.350 e. The Hall–Kier alpha value is -2.22. The van der Waals surface area contributed by atoms with E-state index in [-0.39, 0.29) is 5.91 Å². The van der Waals surface area contributed by atoms with E-state index in [1.165, 1.54) is 9.56 Å². The van der Waals surface area contributed by atoms with Gasteiger partial charge in [0, 0.05) is 18.0 Å². The number of halogens is 1. The van der Waals surface area contributed by atoms with Crippen molar-refractivity contribution in [2.45, 2.75) is 19.4 Å². The van der Waals surface area contributed by atoms with Gasteiger partial charge in [0.25, 0.3) is 5.91 Å². The first-order valence-electron chi connectivity index (χ1n) is 9.39. The Bertz CT molecular complexity index is 918. The third-order valence-corrected chi connectivity index (χ3v) is 6.22. The first-order valence-corrected chi connectivity index (χ1v) is 10.6. The summed E-state index contributed by atoms with van der Waals surface area (Å²) >= 11 is 7.98. The summed E-state index contributed by atoms with van der Waals surface area (Å²) in [6, 6.07) is 11.6. The smallest absolute Gasteiger partial charge is 0.273 e. The van der Waals surface area contributed by atoms with Crippen LogP contribution in [-0.4, -0.2) is 45.4 Å². The van der Waals surface area contributed by atoms with Gasteiger partial charge in [0.15, 0.2) is 5.69 Å². The second kappa shape index (κ2) is 8.86. The molecule has 0 atom stereocenters. The van der Waals surface area contributed by atoms with Gasteiger partial charge < -0.3 is 5.32 Å². The maximum absolute atomic E-state index is 12.4. The summed E-state index contributed by atoms with van der Waals surface area (Å²) in [6.45, 7) is 3.84. The van der Waals surface area contributed by atoms with Crippen LogP contribution in [0.5, 0.6) is 0 Å². The van der Waals surface area contributed by atoms with E-state index in [0.717, 1.165) is 32.5 Å². The number of benzene rings is 1. The number of amides is 1. The van der Waals surface area contributed by atoms with Gasteiger partial charge in [-0.25, -0.2) is 4.68 Å². The summed E-state index contributed by atoms with van der Waals surface area (Å²) < 4.78 is 1.53. The number of nitrogens with one attached hydrogen (secondary N) is 1. The number of likely N-dealkylation sites (tertiary alicyclic amines) is 1. The lowest BCUT2D eigenvalue weighted by atomic mass is 9.96. The summed E-state index contributed by atoms with van der Waals surface area (Å²) in [5.41, 5.74) is 1.00. The highest BCUT2D eigenvalue weighted by Crippen LogP contribution is 2.21. The fraction of sp³-hybridized carbons (Fsp3) is 0.350. The van der Waals surface area contributed by atoms with Crippen molar-refractivity contribution in [3.63, 3.8) is 0 Å². The number of aromatic nitrogens is 3. The Morgan fingerprint density at radius 3 is 2.79 bits per heavy atom. The monoisotopic (exact) mass is 415 g/mol.